The molecule has 0 bridgehead atoms. The normalized spacial score (nSPS) is 14.4. The van der Waals surface area contributed by atoms with Gasteiger partial charge in [-0.25, -0.2) is 4.79 Å². The van der Waals surface area contributed by atoms with Crippen molar-refractivity contribution in [1.29, 1.82) is 0 Å². The number of esters is 2. The van der Waals surface area contributed by atoms with Gasteiger partial charge in [-0.1, -0.05) is 23.7 Å². The molecule has 12 nitrogen and oxygen atoms in total. The third-order valence-electron chi connectivity index (χ3n) is 6.73. The lowest BCUT2D eigenvalue weighted by atomic mass is 10.1. The fraction of sp³-hybridized carbons (Fsp3) is 0.419. The largest absolute Gasteiger partial charge is 0.467 e. The van der Waals surface area contributed by atoms with Crippen LogP contribution in [0, 0.1) is 0 Å². The molecule has 1 amide bonds. The van der Waals surface area contributed by atoms with Crippen molar-refractivity contribution in [1.82, 2.24) is 20.3 Å². The summed E-state index contributed by atoms with van der Waals surface area (Å²) in [5.41, 5.74) is 0.225. The molecule has 0 aliphatic heterocycles. The van der Waals surface area contributed by atoms with E-state index in [9.17, 15) is 27.6 Å². The van der Waals surface area contributed by atoms with Crippen molar-refractivity contribution in [2.75, 3.05) is 24.4 Å². The molecule has 1 saturated carbocycles. The Morgan fingerprint density at radius 1 is 0.957 bits per heavy atom. The van der Waals surface area contributed by atoms with Gasteiger partial charge in [-0.05, 0) is 82.0 Å². The van der Waals surface area contributed by atoms with E-state index < -0.39 is 53.8 Å². The molecule has 252 valence electrons. The smallest absolute Gasteiger partial charge is 0.422 e. The standard InChI is InChI=1S/C31H34ClF3N6O6/c1-29(2,3)47-23(42)14-13-22(25(44)45-4)37-24(43)18-5-11-21(12-6-18)36-26-38-27(40-28(39-26)46-17-31(33,34)35)41-30(15-16-30)19-7-9-20(32)10-8-19/h5-12,22H,13-17H2,1-4H3,(H,37,43)(H2,36,38,39,40,41)/t22-/m0/s1. The van der Waals surface area contributed by atoms with Crippen LogP contribution >= 0.6 is 11.6 Å². The van der Waals surface area contributed by atoms with Gasteiger partial charge in [0.2, 0.25) is 11.9 Å². The van der Waals surface area contributed by atoms with Crippen LogP contribution in [0.4, 0.5) is 30.8 Å². The molecule has 1 aliphatic carbocycles. The Balaban J connectivity index is 1.46. The third-order valence-corrected chi connectivity index (χ3v) is 6.98. The van der Waals surface area contributed by atoms with Crippen molar-refractivity contribution in [3.63, 3.8) is 0 Å². The summed E-state index contributed by atoms with van der Waals surface area (Å²) in [6.07, 6.45) is -3.33. The zero-order valence-corrected chi connectivity index (χ0v) is 26.8. The Bertz CT molecular complexity index is 1580. The fourth-order valence-electron chi connectivity index (χ4n) is 4.39. The summed E-state index contributed by atoms with van der Waals surface area (Å²) < 4.78 is 53.5. The molecule has 4 rings (SSSR count). The van der Waals surface area contributed by atoms with E-state index in [1.165, 1.54) is 31.4 Å². The van der Waals surface area contributed by atoms with Crippen molar-refractivity contribution in [3.8, 4) is 6.01 Å². The highest BCUT2D eigenvalue weighted by Gasteiger charge is 2.45. The molecular weight excluding hydrogens is 645 g/mol. The Morgan fingerprint density at radius 3 is 2.17 bits per heavy atom. The maximum absolute atomic E-state index is 12.9. The van der Waals surface area contributed by atoms with Gasteiger partial charge in [-0.15, -0.1) is 0 Å². The minimum atomic E-state index is -4.62. The zero-order chi connectivity index (χ0) is 34.4. The van der Waals surface area contributed by atoms with Gasteiger partial charge in [0.15, 0.2) is 6.61 Å². The quantitative estimate of drug-likeness (QED) is 0.191. The predicted molar refractivity (Wildman–Crippen MR) is 165 cm³/mol. The highest BCUT2D eigenvalue weighted by Crippen LogP contribution is 2.48. The zero-order valence-electron chi connectivity index (χ0n) is 26.0. The molecule has 0 unspecified atom stereocenters. The molecule has 1 heterocycles. The van der Waals surface area contributed by atoms with E-state index in [1.54, 1.807) is 32.9 Å². The molecule has 3 N–H and O–H groups in total. The van der Waals surface area contributed by atoms with Crippen LogP contribution in [0.1, 0.15) is 62.4 Å². The van der Waals surface area contributed by atoms with Crippen LogP contribution in [0.5, 0.6) is 6.01 Å². The van der Waals surface area contributed by atoms with Gasteiger partial charge in [-0.3, -0.25) is 9.59 Å². The van der Waals surface area contributed by atoms with Crippen LogP contribution in [0.15, 0.2) is 48.5 Å². The molecule has 0 radical (unpaired) electrons. The van der Waals surface area contributed by atoms with E-state index in [-0.39, 0.29) is 30.3 Å². The molecule has 1 atom stereocenters. The number of rotatable bonds is 13. The Hall–Kier alpha value is -4.66. The third kappa shape index (κ3) is 10.7. The highest BCUT2D eigenvalue weighted by atomic mass is 35.5. The highest BCUT2D eigenvalue weighted by molar-refractivity contribution is 6.30. The summed E-state index contributed by atoms with van der Waals surface area (Å²) in [6.45, 7) is 3.54. The van der Waals surface area contributed by atoms with Gasteiger partial charge in [-0.2, -0.15) is 28.1 Å². The molecule has 47 heavy (non-hydrogen) atoms. The molecule has 16 heteroatoms. The number of carbonyl (C=O) groups is 3. The van der Waals surface area contributed by atoms with E-state index in [4.69, 9.17) is 25.8 Å². The number of alkyl halides is 3. The van der Waals surface area contributed by atoms with Gasteiger partial charge in [0.25, 0.3) is 5.91 Å². The predicted octanol–water partition coefficient (Wildman–Crippen LogP) is 5.70. The van der Waals surface area contributed by atoms with Crippen LogP contribution in [0.2, 0.25) is 5.02 Å². The second kappa shape index (κ2) is 14.4. The first kappa shape index (κ1) is 35.2. The topological polar surface area (TPSA) is 154 Å². The van der Waals surface area contributed by atoms with Crippen LogP contribution in [-0.2, 0) is 24.6 Å². The number of anilines is 3. The summed E-state index contributed by atoms with van der Waals surface area (Å²) in [5.74, 6) is -1.99. The first-order valence-electron chi connectivity index (χ1n) is 14.5. The minimum Gasteiger partial charge on any atom is -0.467 e. The Morgan fingerprint density at radius 2 is 1.60 bits per heavy atom. The molecule has 0 saturated heterocycles. The Labute approximate surface area is 273 Å². The average molecular weight is 679 g/mol. The monoisotopic (exact) mass is 678 g/mol. The number of methoxy groups -OCH3 is 1. The summed E-state index contributed by atoms with van der Waals surface area (Å²) in [5, 5.41) is 9.19. The summed E-state index contributed by atoms with van der Waals surface area (Å²) in [6, 6.07) is 11.4. The number of nitrogens with one attached hydrogen (secondary N) is 3. The number of hydrogen-bond donors (Lipinski definition) is 3. The maximum atomic E-state index is 12.9. The van der Waals surface area contributed by atoms with Crippen molar-refractivity contribution >= 4 is 47.0 Å². The first-order chi connectivity index (χ1) is 22.0. The molecule has 2 aromatic carbocycles. The van der Waals surface area contributed by atoms with Crippen molar-refractivity contribution in [2.45, 2.75) is 69.8 Å². The number of aromatic nitrogens is 3. The van der Waals surface area contributed by atoms with Crippen molar-refractivity contribution in [2.24, 2.45) is 0 Å². The lowest BCUT2D eigenvalue weighted by molar-refractivity contribution is -0.156. The lowest BCUT2D eigenvalue weighted by Gasteiger charge is -2.21. The average Bonchev–Trinajstić information content (AvgIpc) is 3.77. The number of nitrogens with zero attached hydrogens (tertiary/aromatic N) is 3. The second-order valence-electron chi connectivity index (χ2n) is 11.8. The van der Waals surface area contributed by atoms with Crippen molar-refractivity contribution in [3.05, 3.63) is 64.7 Å². The number of benzene rings is 2. The van der Waals surface area contributed by atoms with Gasteiger partial charge in [0.1, 0.15) is 11.6 Å². The molecule has 0 spiro atoms. The van der Waals surface area contributed by atoms with E-state index in [0.29, 0.717) is 10.7 Å². The van der Waals surface area contributed by atoms with Gasteiger partial charge in [0, 0.05) is 22.7 Å². The maximum Gasteiger partial charge on any atom is 0.422 e. The lowest BCUT2D eigenvalue weighted by Crippen LogP contribution is -2.42. The van der Waals surface area contributed by atoms with E-state index in [1.807, 2.05) is 12.1 Å². The molecular formula is C31H34ClF3N6O6. The van der Waals surface area contributed by atoms with Crippen LogP contribution in [0.25, 0.3) is 0 Å². The van der Waals surface area contributed by atoms with E-state index in [0.717, 1.165) is 18.4 Å². The van der Waals surface area contributed by atoms with Gasteiger partial charge in [0.05, 0.1) is 12.6 Å². The summed E-state index contributed by atoms with van der Waals surface area (Å²) >= 11 is 6.01. The van der Waals surface area contributed by atoms with Crippen LogP contribution < -0.4 is 20.7 Å². The molecule has 1 aliphatic rings. The fourth-order valence-corrected chi connectivity index (χ4v) is 4.52. The summed E-state index contributed by atoms with van der Waals surface area (Å²) in [4.78, 5) is 49.6. The minimum absolute atomic E-state index is 0.0108. The number of amides is 1. The molecule has 1 fully saturated rings. The SMILES string of the molecule is COC(=O)[C@H](CCC(=O)OC(C)(C)C)NC(=O)c1ccc(Nc2nc(NC3(c4ccc(Cl)cc4)CC3)nc(OCC(F)(F)F)n2)cc1. The molecule has 1 aromatic heterocycles. The van der Waals surface area contributed by atoms with Gasteiger partial charge < -0.3 is 30.2 Å². The number of hydrogen-bond acceptors (Lipinski definition) is 11. The number of halogens is 4. The van der Waals surface area contributed by atoms with Crippen molar-refractivity contribution < 1.29 is 41.8 Å². The first-order valence-corrected chi connectivity index (χ1v) is 14.9. The van der Waals surface area contributed by atoms with Crippen LogP contribution in [0.3, 0.4) is 0 Å². The second-order valence-corrected chi connectivity index (χ2v) is 12.2. The summed E-state index contributed by atoms with van der Waals surface area (Å²) in [7, 11) is 1.17. The van der Waals surface area contributed by atoms with Crippen LogP contribution in [-0.4, -0.2) is 64.3 Å². The van der Waals surface area contributed by atoms with E-state index in [2.05, 4.69) is 30.9 Å². The van der Waals surface area contributed by atoms with Gasteiger partial charge >= 0.3 is 24.1 Å². The molecule has 3 aromatic rings. The number of ether oxygens (including phenoxy) is 3. The number of carbonyl (C=O) groups excluding carboxylic acids is 3. The van der Waals surface area contributed by atoms with E-state index >= 15 is 0 Å². The Kier molecular flexibility index (Phi) is 10.8.